The van der Waals surface area contributed by atoms with Gasteiger partial charge in [-0.05, 0) is 32.9 Å². The fourth-order valence-electron chi connectivity index (χ4n) is 1.21. The van der Waals surface area contributed by atoms with Gasteiger partial charge in [0.2, 0.25) is 0 Å². The van der Waals surface area contributed by atoms with Crippen molar-refractivity contribution >= 4 is 0 Å². The zero-order valence-corrected chi connectivity index (χ0v) is 10.2. The van der Waals surface area contributed by atoms with Crippen LogP contribution >= 0.6 is 0 Å². The fourth-order valence-corrected chi connectivity index (χ4v) is 1.21. The molecule has 3 nitrogen and oxygen atoms in total. The van der Waals surface area contributed by atoms with E-state index < -0.39 is 5.79 Å². The third-order valence-corrected chi connectivity index (χ3v) is 2.03. The molecule has 1 aromatic carbocycles. The Hall–Kier alpha value is -1.06. The van der Waals surface area contributed by atoms with Crippen molar-refractivity contribution in [3.05, 3.63) is 29.8 Å². The van der Waals surface area contributed by atoms with Crippen LogP contribution in [-0.4, -0.2) is 24.1 Å². The van der Waals surface area contributed by atoms with E-state index in [9.17, 15) is 5.11 Å². The highest BCUT2D eigenvalue weighted by atomic mass is 16.6. The smallest absolute Gasteiger partial charge is 0.159 e. The Bertz CT molecular complexity index is 298. The minimum atomic E-state index is -1.05. The van der Waals surface area contributed by atoms with Crippen LogP contribution in [0.25, 0.3) is 0 Å². The Morgan fingerprint density at radius 2 is 1.75 bits per heavy atom. The lowest BCUT2D eigenvalue weighted by Gasteiger charge is -2.17. The van der Waals surface area contributed by atoms with Crippen LogP contribution in [0.5, 0.6) is 5.75 Å². The molecule has 1 rings (SSSR count). The van der Waals surface area contributed by atoms with Gasteiger partial charge in [-0.15, -0.1) is 0 Å². The van der Waals surface area contributed by atoms with Gasteiger partial charge in [0.25, 0.3) is 0 Å². The number of hydrogen-bond donors (Lipinski definition) is 1. The minimum Gasteiger partial charge on any atom is -0.494 e. The van der Waals surface area contributed by atoms with Gasteiger partial charge in [0.1, 0.15) is 5.75 Å². The zero-order chi connectivity index (χ0) is 12.0. The first-order valence-corrected chi connectivity index (χ1v) is 5.53. The maximum absolute atomic E-state index is 9.30. The molecule has 0 aromatic heterocycles. The number of aliphatic hydroxyl groups is 1. The maximum atomic E-state index is 9.30. The van der Waals surface area contributed by atoms with E-state index in [0.717, 1.165) is 12.2 Å². The molecule has 0 saturated carbocycles. The van der Waals surface area contributed by atoms with Crippen molar-refractivity contribution < 1.29 is 14.6 Å². The summed E-state index contributed by atoms with van der Waals surface area (Å²) in [4.78, 5) is 0. The van der Waals surface area contributed by atoms with Crippen molar-refractivity contribution in [3.8, 4) is 5.75 Å². The second-order valence-corrected chi connectivity index (χ2v) is 4.31. The molecule has 0 aliphatic carbocycles. The second-order valence-electron chi connectivity index (χ2n) is 4.31. The van der Waals surface area contributed by atoms with E-state index in [1.165, 1.54) is 5.56 Å². The van der Waals surface area contributed by atoms with E-state index in [0.29, 0.717) is 13.2 Å². The molecule has 1 aromatic rings. The normalized spacial score (nSPS) is 11.5. The Kier molecular flexibility index (Phi) is 4.77. The first kappa shape index (κ1) is 13.0. The summed E-state index contributed by atoms with van der Waals surface area (Å²) in [5.41, 5.74) is 1.22. The summed E-state index contributed by atoms with van der Waals surface area (Å²) in [5, 5.41) is 9.30. The van der Waals surface area contributed by atoms with E-state index in [1.54, 1.807) is 13.8 Å². The van der Waals surface area contributed by atoms with Crippen LogP contribution in [0.15, 0.2) is 24.3 Å². The van der Waals surface area contributed by atoms with Crippen molar-refractivity contribution in [3.63, 3.8) is 0 Å². The lowest BCUT2D eigenvalue weighted by Crippen LogP contribution is -2.24. The minimum absolute atomic E-state index is 0.495. The van der Waals surface area contributed by atoms with Crippen LogP contribution in [0.4, 0.5) is 0 Å². The molecule has 0 aliphatic heterocycles. The molecule has 0 bridgehead atoms. The first-order valence-electron chi connectivity index (χ1n) is 5.53. The highest BCUT2D eigenvalue weighted by Crippen LogP contribution is 2.11. The molecule has 0 aliphatic rings. The molecule has 0 saturated heterocycles. The van der Waals surface area contributed by atoms with E-state index in [4.69, 9.17) is 9.47 Å². The van der Waals surface area contributed by atoms with Crippen LogP contribution in [0.2, 0.25) is 0 Å². The van der Waals surface area contributed by atoms with E-state index in [-0.39, 0.29) is 0 Å². The highest BCUT2D eigenvalue weighted by molar-refractivity contribution is 5.26. The van der Waals surface area contributed by atoms with Crippen LogP contribution in [0, 0.1) is 6.92 Å². The number of rotatable bonds is 6. The summed E-state index contributed by atoms with van der Waals surface area (Å²) in [6.45, 7) is 6.37. The summed E-state index contributed by atoms with van der Waals surface area (Å²) < 4.78 is 10.7. The predicted octanol–water partition coefficient (Wildman–Crippen LogP) is 2.51. The van der Waals surface area contributed by atoms with Crippen molar-refractivity contribution in [1.29, 1.82) is 0 Å². The highest BCUT2D eigenvalue weighted by Gasteiger charge is 2.11. The lowest BCUT2D eigenvalue weighted by atomic mass is 10.2. The van der Waals surface area contributed by atoms with Crippen LogP contribution in [0.1, 0.15) is 25.8 Å². The molecular weight excluding hydrogens is 204 g/mol. The van der Waals surface area contributed by atoms with E-state index >= 15 is 0 Å². The molecule has 0 spiro atoms. The van der Waals surface area contributed by atoms with Gasteiger partial charge in [0.15, 0.2) is 5.79 Å². The Labute approximate surface area is 97.0 Å². The summed E-state index contributed by atoms with van der Waals surface area (Å²) in [6, 6.07) is 7.93. The molecule has 0 atom stereocenters. The topological polar surface area (TPSA) is 38.7 Å². The average molecular weight is 224 g/mol. The van der Waals surface area contributed by atoms with Gasteiger partial charge in [0.05, 0.1) is 13.2 Å². The van der Waals surface area contributed by atoms with Crippen LogP contribution < -0.4 is 4.74 Å². The third kappa shape index (κ3) is 5.73. The quantitative estimate of drug-likeness (QED) is 0.596. The number of benzene rings is 1. The van der Waals surface area contributed by atoms with Crippen LogP contribution in [0.3, 0.4) is 0 Å². The number of ether oxygens (including phenoxy) is 2. The molecule has 0 amide bonds. The van der Waals surface area contributed by atoms with Gasteiger partial charge < -0.3 is 14.6 Å². The van der Waals surface area contributed by atoms with Gasteiger partial charge in [-0.3, -0.25) is 0 Å². The molecule has 3 heteroatoms. The van der Waals surface area contributed by atoms with E-state index in [1.807, 2.05) is 31.2 Å². The number of aryl methyl sites for hydroxylation is 1. The Morgan fingerprint density at radius 1 is 1.12 bits per heavy atom. The molecule has 0 heterocycles. The van der Waals surface area contributed by atoms with Gasteiger partial charge in [-0.2, -0.15) is 0 Å². The number of hydrogen-bond acceptors (Lipinski definition) is 3. The Balaban J connectivity index is 2.14. The molecule has 16 heavy (non-hydrogen) atoms. The van der Waals surface area contributed by atoms with Crippen LogP contribution in [-0.2, 0) is 4.74 Å². The monoisotopic (exact) mass is 224 g/mol. The van der Waals surface area contributed by atoms with Crippen molar-refractivity contribution in [2.75, 3.05) is 13.2 Å². The summed E-state index contributed by atoms with van der Waals surface area (Å²) in [6.07, 6.45) is 0.762. The fraction of sp³-hybridized carbons (Fsp3) is 0.538. The SMILES string of the molecule is Cc1ccc(OCCCOC(C)(C)O)cc1. The van der Waals surface area contributed by atoms with Gasteiger partial charge in [-0.25, -0.2) is 0 Å². The van der Waals surface area contributed by atoms with Crippen molar-refractivity contribution in [2.45, 2.75) is 33.0 Å². The standard InChI is InChI=1S/C13H20O3/c1-11-5-7-12(8-6-11)15-9-4-10-16-13(2,3)14/h5-8,14H,4,9-10H2,1-3H3. The molecular formula is C13H20O3. The summed E-state index contributed by atoms with van der Waals surface area (Å²) >= 11 is 0. The van der Waals surface area contributed by atoms with Gasteiger partial charge in [0, 0.05) is 6.42 Å². The van der Waals surface area contributed by atoms with E-state index in [2.05, 4.69) is 0 Å². The van der Waals surface area contributed by atoms with Gasteiger partial charge in [-0.1, -0.05) is 17.7 Å². The van der Waals surface area contributed by atoms with Gasteiger partial charge >= 0.3 is 0 Å². The third-order valence-electron chi connectivity index (χ3n) is 2.03. The second kappa shape index (κ2) is 5.87. The van der Waals surface area contributed by atoms with Crippen molar-refractivity contribution in [2.24, 2.45) is 0 Å². The summed E-state index contributed by atoms with van der Waals surface area (Å²) in [5.74, 6) is -0.182. The predicted molar refractivity (Wildman–Crippen MR) is 63.5 cm³/mol. The lowest BCUT2D eigenvalue weighted by molar-refractivity contribution is -0.176. The molecule has 0 fully saturated rings. The first-order chi connectivity index (χ1) is 7.47. The average Bonchev–Trinajstić information content (AvgIpc) is 2.19. The Morgan fingerprint density at radius 3 is 2.31 bits per heavy atom. The largest absolute Gasteiger partial charge is 0.494 e. The zero-order valence-electron chi connectivity index (χ0n) is 10.2. The van der Waals surface area contributed by atoms with Crippen molar-refractivity contribution in [1.82, 2.24) is 0 Å². The molecule has 90 valence electrons. The maximum Gasteiger partial charge on any atom is 0.159 e. The molecule has 0 radical (unpaired) electrons. The summed E-state index contributed by atoms with van der Waals surface area (Å²) in [7, 11) is 0. The molecule has 1 N–H and O–H groups in total. The molecule has 0 unspecified atom stereocenters.